The van der Waals surface area contributed by atoms with E-state index in [2.05, 4.69) is 20.4 Å². The van der Waals surface area contributed by atoms with E-state index in [0.717, 1.165) is 5.56 Å². The Morgan fingerprint density at radius 3 is 2.48 bits per heavy atom. The Labute approximate surface area is 166 Å². The van der Waals surface area contributed by atoms with Gasteiger partial charge in [-0.05, 0) is 36.8 Å². The number of amides is 1. The number of aromatic nitrogens is 5. The highest BCUT2D eigenvalue weighted by Crippen LogP contribution is 2.21. The van der Waals surface area contributed by atoms with Crippen LogP contribution >= 0.6 is 0 Å². The molecular weight excluding hydrogens is 371 g/mol. The van der Waals surface area contributed by atoms with Crippen molar-refractivity contribution in [3.05, 3.63) is 95.8 Å². The van der Waals surface area contributed by atoms with Crippen LogP contribution < -0.4 is 5.32 Å². The molecule has 0 aliphatic carbocycles. The van der Waals surface area contributed by atoms with Crippen molar-refractivity contribution < 1.29 is 9.18 Å². The van der Waals surface area contributed by atoms with E-state index < -0.39 is 11.9 Å². The Bertz CT molecular complexity index is 1130. The van der Waals surface area contributed by atoms with Gasteiger partial charge < -0.3 is 9.88 Å². The predicted molar refractivity (Wildman–Crippen MR) is 105 cm³/mol. The molecule has 0 spiro atoms. The lowest BCUT2D eigenvalue weighted by Crippen LogP contribution is -2.32. The molecule has 1 N–H and O–H groups in total. The first kappa shape index (κ1) is 18.5. The van der Waals surface area contributed by atoms with Gasteiger partial charge in [0.15, 0.2) is 0 Å². The van der Waals surface area contributed by atoms with Gasteiger partial charge in [0.1, 0.15) is 23.5 Å². The Kier molecular flexibility index (Phi) is 4.90. The highest BCUT2D eigenvalue weighted by atomic mass is 19.1. The number of aryl methyl sites for hydroxylation is 2. The molecule has 1 unspecified atom stereocenters. The van der Waals surface area contributed by atoms with Crippen LogP contribution in [0.25, 0.3) is 5.69 Å². The molecule has 29 heavy (non-hydrogen) atoms. The molecule has 0 saturated carbocycles. The van der Waals surface area contributed by atoms with Gasteiger partial charge in [-0.3, -0.25) is 4.79 Å². The van der Waals surface area contributed by atoms with Crippen molar-refractivity contribution in [2.45, 2.75) is 13.0 Å². The van der Waals surface area contributed by atoms with Crippen LogP contribution in [0.3, 0.4) is 0 Å². The topological polar surface area (TPSA) is 77.6 Å². The number of hydrogen-bond acceptors (Lipinski definition) is 4. The van der Waals surface area contributed by atoms with Gasteiger partial charge >= 0.3 is 0 Å². The highest BCUT2D eigenvalue weighted by molar-refractivity contribution is 5.91. The van der Waals surface area contributed by atoms with Crippen LogP contribution in [-0.2, 0) is 7.05 Å². The minimum atomic E-state index is -0.457. The summed E-state index contributed by atoms with van der Waals surface area (Å²) in [7, 11) is 1.87. The van der Waals surface area contributed by atoms with Crippen molar-refractivity contribution in [2.75, 3.05) is 0 Å². The van der Waals surface area contributed by atoms with Gasteiger partial charge in [0.25, 0.3) is 5.91 Å². The van der Waals surface area contributed by atoms with Crippen LogP contribution in [-0.4, -0.2) is 30.2 Å². The lowest BCUT2D eigenvalue weighted by atomic mass is 10.1. The molecule has 8 heteroatoms. The maximum absolute atomic E-state index is 13.2. The highest BCUT2D eigenvalue weighted by Gasteiger charge is 2.24. The van der Waals surface area contributed by atoms with Crippen molar-refractivity contribution >= 4 is 5.91 Å². The Balaban J connectivity index is 1.64. The van der Waals surface area contributed by atoms with E-state index in [1.807, 2.05) is 48.1 Å². The number of halogens is 1. The van der Waals surface area contributed by atoms with Gasteiger partial charge in [0.05, 0.1) is 5.69 Å². The second-order valence-corrected chi connectivity index (χ2v) is 6.58. The molecule has 0 radical (unpaired) electrons. The fourth-order valence-electron chi connectivity index (χ4n) is 3.11. The third-order valence-electron chi connectivity index (χ3n) is 4.57. The molecular formula is C21H19FN6O. The van der Waals surface area contributed by atoms with Gasteiger partial charge in [-0.1, -0.05) is 30.3 Å². The number of benzene rings is 2. The fraction of sp³-hybridized carbons (Fsp3) is 0.143. The molecule has 1 atom stereocenters. The number of hydrogen-bond donors (Lipinski definition) is 1. The summed E-state index contributed by atoms with van der Waals surface area (Å²) < 4.78 is 16.6. The van der Waals surface area contributed by atoms with Crippen molar-refractivity contribution in [3.63, 3.8) is 0 Å². The molecule has 4 aromatic rings. The van der Waals surface area contributed by atoms with E-state index in [0.29, 0.717) is 17.3 Å². The molecule has 0 aliphatic heterocycles. The van der Waals surface area contributed by atoms with Crippen LogP contribution in [0.4, 0.5) is 4.39 Å². The minimum absolute atomic E-state index is 0.0296. The smallest absolute Gasteiger partial charge is 0.291 e. The molecule has 2 aromatic heterocycles. The van der Waals surface area contributed by atoms with Crippen molar-refractivity contribution in [1.82, 2.24) is 29.6 Å². The SMILES string of the molecule is Cc1nc(C(=O)NC(c2ccccc2)c2nccn2C)nn1-c1ccc(F)cc1. The van der Waals surface area contributed by atoms with Gasteiger partial charge in [-0.2, -0.15) is 0 Å². The maximum atomic E-state index is 13.2. The fourth-order valence-corrected chi connectivity index (χ4v) is 3.11. The number of nitrogens with one attached hydrogen (secondary N) is 1. The zero-order valence-corrected chi connectivity index (χ0v) is 16.0. The van der Waals surface area contributed by atoms with Crippen molar-refractivity contribution in [3.8, 4) is 5.69 Å². The van der Waals surface area contributed by atoms with Crippen LogP contribution in [0, 0.1) is 12.7 Å². The lowest BCUT2D eigenvalue weighted by molar-refractivity contribution is 0.0930. The standard InChI is InChI=1S/C21H19FN6O/c1-14-24-19(26-28(14)17-10-8-16(22)9-11-17)21(29)25-18(15-6-4-3-5-7-15)20-23-12-13-27(20)2/h3-13,18H,1-2H3,(H,25,29). The molecule has 0 bridgehead atoms. The summed E-state index contributed by atoms with van der Waals surface area (Å²) in [5.74, 6) is 0.479. The van der Waals surface area contributed by atoms with Crippen LogP contribution in [0.1, 0.15) is 33.9 Å². The predicted octanol–water partition coefficient (Wildman–Crippen LogP) is 2.97. The molecule has 0 saturated heterocycles. The quantitative estimate of drug-likeness (QED) is 0.568. The maximum Gasteiger partial charge on any atom is 0.291 e. The summed E-state index contributed by atoms with van der Waals surface area (Å²) in [4.78, 5) is 21.6. The van der Waals surface area contributed by atoms with Crippen LogP contribution in [0.2, 0.25) is 0 Å². The number of carbonyl (C=O) groups excluding carboxylic acids is 1. The van der Waals surface area contributed by atoms with E-state index in [1.165, 1.54) is 16.8 Å². The molecule has 7 nitrogen and oxygen atoms in total. The van der Waals surface area contributed by atoms with Crippen molar-refractivity contribution in [1.29, 1.82) is 0 Å². The Hall–Kier alpha value is -3.81. The number of nitrogens with zero attached hydrogens (tertiary/aromatic N) is 5. The Morgan fingerprint density at radius 2 is 1.83 bits per heavy atom. The van der Waals surface area contributed by atoms with Gasteiger partial charge in [-0.15, -0.1) is 5.10 Å². The Morgan fingerprint density at radius 1 is 1.10 bits per heavy atom. The normalized spacial score (nSPS) is 12.0. The monoisotopic (exact) mass is 390 g/mol. The largest absolute Gasteiger partial charge is 0.336 e. The third-order valence-corrected chi connectivity index (χ3v) is 4.57. The molecule has 2 heterocycles. The number of carbonyl (C=O) groups is 1. The summed E-state index contributed by atoms with van der Waals surface area (Å²) in [5.41, 5.74) is 1.52. The molecule has 0 aliphatic rings. The lowest BCUT2D eigenvalue weighted by Gasteiger charge is -2.18. The molecule has 2 aromatic carbocycles. The zero-order chi connectivity index (χ0) is 20.4. The van der Waals surface area contributed by atoms with Gasteiger partial charge in [0.2, 0.25) is 5.82 Å². The second-order valence-electron chi connectivity index (χ2n) is 6.58. The van der Waals surface area contributed by atoms with Gasteiger partial charge in [0, 0.05) is 19.4 Å². The third kappa shape index (κ3) is 3.77. The zero-order valence-electron chi connectivity index (χ0n) is 16.0. The van der Waals surface area contributed by atoms with E-state index >= 15 is 0 Å². The summed E-state index contributed by atoms with van der Waals surface area (Å²) in [6.45, 7) is 1.74. The first-order chi connectivity index (χ1) is 14.0. The number of rotatable bonds is 5. The van der Waals surface area contributed by atoms with Crippen molar-refractivity contribution in [2.24, 2.45) is 7.05 Å². The van der Waals surface area contributed by atoms with Crippen LogP contribution in [0.15, 0.2) is 67.0 Å². The summed E-state index contributed by atoms with van der Waals surface area (Å²) in [6, 6.07) is 15.0. The molecule has 1 amide bonds. The minimum Gasteiger partial charge on any atom is -0.336 e. The van der Waals surface area contributed by atoms with E-state index in [1.54, 1.807) is 25.3 Å². The average molecular weight is 390 g/mol. The van der Waals surface area contributed by atoms with E-state index in [9.17, 15) is 9.18 Å². The first-order valence-corrected chi connectivity index (χ1v) is 9.05. The van der Waals surface area contributed by atoms with Crippen LogP contribution in [0.5, 0.6) is 0 Å². The average Bonchev–Trinajstić information content (AvgIpc) is 3.33. The first-order valence-electron chi connectivity index (χ1n) is 9.05. The summed E-state index contributed by atoms with van der Waals surface area (Å²) in [6.07, 6.45) is 3.51. The van der Waals surface area contributed by atoms with Gasteiger partial charge in [-0.25, -0.2) is 19.0 Å². The van der Waals surface area contributed by atoms with E-state index in [4.69, 9.17) is 0 Å². The summed E-state index contributed by atoms with van der Waals surface area (Å²) >= 11 is 0. The summed E-state index contributed by atoms with van der Waals surface area (Å²) in [5, 5.41) is 7.28. The molecule has 4 rings (SSSR count). The number of imidazole rings is 1. The van der Waals surface area contributed by atoms with E-state index in [-0.39, 0.29) is 11.6 Å². The second kappa shape index (κ2) is 7.67. The molecule has 0 fully saturated rings. The molecule has 146 valence electrons.